The molecule has 2 heterocycles. The van der Waals surface area contributed by atoms with Crippen molar-refractivity contribution >= 4 is 23.4 Å². The summed E-state index contributed by atoms with van der Waals surface area (Å²) >= 11 is 5.95. The molecule has 0 aliphatic carbocycles. The van der Waals surface area contributed by atoms with E-state index >= 15 is 0 Å². The minimum Gasteiger partial charge on any atom is -0.376 e. The van der Waals surface area contributed by atoms with E-state index in [2.05, 4.69) is 0 Å². The van der Waals surface area contributed by atoms with Gasteiger partial charge in [0.1, 0.15) is 5.82 Å². The van der Waals surface area contributed by atoms with Gasteiger partial charge in [0.15, 0.2) is 5.60 Å². The highest BCUT2D eigenvalue weighted by molar-refractivity contribution is 6.30. The van der Waals surface area contributed by atoms with Crippen molar-refractivity contribution in [2.45, 2.75) is 5.60 Å². The third-order valence-electron chi connectivity index (χ3n) is 5.31. The monoisotopic (exact) mass is 418 g/mol. The van der Waals surface area contributed by atoms with Gasteiger partial charge in [-0.25, -0.2) is 4.39 Å². The van der Waals surface area contributed by atoms with Crippen LogP contribution in [0.4, 0.5) is 4.39 Å². The van der Waals surface area contributed by atoms with E-state index in [1.54, 1.807) is 40.1 Å². The number of rotatable bonds is 3. The van der Waals surface area contributed by atoms with Crippen molar-refractivity contribution in [3.05, 3.63) is 58.9 Å². The fraction of sp³-hybridized carbons (Fsp3) is 0.333. The Hall–Kier alpha value is -2.48. The van der Waals surface area contributed by atoms with E-state index in [-0.39, 0.29) is 30.8 Å². The number of carbonyl (C=O) groups excluding carboxylic acids is 2. The molecular formula is C21H20ClFN2O4. The first-order chi connectivity index (χ1) is 13.9. The van der Waals surface area contributed by atoms with Gasteiger partial charge in [-0.15, -0.1) is 0 Å². The molecule has 0 radical (unpaired) electrons. The average Bonchev–Trinajstić information content (AvgIpc) is 2.73. The maximum absolute atomic E-state index is 14.0. The minimum atomic E-state index is -1.42. The molecule has 0 aromatic heterocycles. The molecule has 2 aliphatic heterocycles. The number of hydrogen-bond donors (Lipinski definition) is 1. The van der Waals surface area contributed by atoms with Crippen LogP contribution in [0.1, 0.15) is 10.4 Å². The first kappa shape index (κ1) is 19.8. The van der Waals surface area contributed by atoms with Crippen molar-refractivity contribution in [3.8, 4) is 11.1 Å². The fourth-order valence-electron chi connectivity index (χ4n) is 3.52. The van der Waals surface area contributed by atoms with Crippen LogP contribution >= 0.6 is 11.6 Å². The van der Waals surface area contributed by atoms with Crippen molar-refractivity contribution in [2.24, 2.45) is 0 Å². The Bertz CT molecular complexity index is 938. The van der Waals surface area contributed by atoms with Crippen molar-refractivity contribution < 1.29 is 23.8 Å². The van der Waals surface area contributed by atoms with Crippen LogP contribution in [0.25, 0.3) is 11.1 Å². The molecular weight excluding hydrogens is 399 g/mol. The molecule has 0 unspecified atom stereocenters. The smallest absolute Gasteiger partial charge is 0.259 e. The predicted octanol–water partition coefficient (Wildman–Crippen LogP) is 2.19. The fourth-order valence-corrected chi connectivity index (χ4v) is 3.69. The van der Waals surface area contributed by atoms with Gasteiger partial charge in [-0.3, -0.25) is 9.59 Å². The normalized spacial score (nSPS) is 18.3. The third kappa shape index (κ3) is 3.85. The number of ether oxygens (including phenoxy) is 1. The Kier molecular flexibility index (Phi) is 5.29. The lowest BCUT2D eigenvalue weighted by Gasteiger charge is -2.42. The maximum atomic E-state index is 14.0. The topological polar surface area (TPSA) is 70.1 Å². The van der Waals surface area contributed by atoms with E-state index in [0.29, 0.717) is 47.9 Å². The number of aliphatic hydroxyl groups is 1. The zero-order chi connectivity index (χ0) is 20.6. The van der Waals surface area contributed by atoms with Gasteiger partial charge in [-0.1, -0.05) is 23.7 Å². The van der Waals surface area contributed by atoms with Crippen LogP contribution in [-0.4, -0.2) is 71.7 Å². The van der Waals surface area contributed by atoms with Gasteiger partial charge in [0.2, 0.25) is 0 Å². The number of hydrogen-bond acceptors (Lipinski definition) is 4. The van der Waals surface area contributed by atoms with Gasteiger partial charge < -0.3 is 19.6 Å². The molecule has 152 valence electrons. The average molecular weight is 419 g/mol. The molecule has 2 amide bonds. The zero-order valence-corrected chi connectivity index (χ0v) is 16.4. The molecule has 2 aliphatic rings. The summed E-state index contributed by atoms with van der Waals surface area (Å²) in [6, 6.07) is 11.0. The summed E-state index contributed by atoms with van der Waals surface area (Å²) in [4.78, 5) is 28.3. The summed E-state index contributed by atoms with van der Waals surface area (Å²) in [6.07, 6.45) is 0. The van der Waals surface area contributed by atoms with Gasteiger partial charge >= 0.3 is 0 Å². The minimum absolute atomic E-state index is 0.0184. The van der Waals surface area contributed by atoms with E-state index in [1.807, 2.05) is 0 Å². The molecule has 0 bridgehead atoms. The van der Waals surface area contributed by atoms with Crippen LogP contribution < -0.4 is 0 Å². The molecule has 4 rings (SSSR count). The number of halogens is 2. The second-order valence-corrected chi connectivity index (χ2v) is 7.75. The van der Waals surface area contributed by atoms with E-state index in [4.69, 9.17) is 16.3 Å². The number of nitrogens with zero attached hydrogens (tertiary/aromatic N) is 2. The highest BCUT2D eigenvalue weighted by Crippen LogP contribution is 2.27. The van der Waals surface area contributed by atoms with Crippen molar-refractivity contribution in [3.63, 3.8) is 0 Å². The summed E-state index contributed by atoms with van der Waals surface area (Å²) in [6.45, 7) is 1.52. The molecule has 0 saturated carbocycles. The molecule has 1 N–H and O–H groups in total. The largest absolute Gasteiger partial charge is 0.376 e. The van der Waals surface area contributed by atoms with E-state index in [9.17, 15) is 19.1 Å². The maximum Gasteiger partial charge on any atom is 0.259 e. The predicted molar refractivity (Wildman–Crippen MR) is 105 cm³/mol. The Labute approximate surface area is 172 Å². The number of benzene rings is 2. The second kappa shape index (κ2) is 7.74. The van der Waals surface area contributed by atoms with E-state index in [1.165, 1.54) is 12.1 Å². The molecule has 8 heteroatoms. The van der Waals surface area contributed by atoms with Gasteiger partial charge in [0, 0.05) is 42.3 Å². The van der Waals surface area contributed by atoms with E-state index < -0.39 is 5.60 Å². The van der Waals surface area contributed by atoms with Gasteiger partial charge in [0.25, 0.3) is 11.8 Å². The molecule has 0 atom stereocenters. The Morgan fingerprint density at radius 2 is 1.62 bits per heavy atom. The van der Waals surface area contributed by atoms with Crippen LogP contribution in [0, 0.1) is 5.82 Å². The van der Waals surface area contributed by atoms with Gasteiger partial charge in [-0.05, 0) is 35.9 Å². The Morgan fingerprint density at radius 3 is 2.21 bits per heavy atom. The highest BCUT2D eigenvalue weighted by Gasteiger charge is 2.46. The second-order valence-electron chi connectivity index (χ2n) is 7.31. The molecule has 2 fully saturated rings. The van der Waals surface area contributed by atoms with Crippen molar-refractivity contribution in [1.29, 1.82) is 0 Å². The van der Waals surface area contributed by atoms with Crippen LogP contribution in [0.15, 0.2) is 42.5 Å². The van der Waals surface area contributed by atoms with Crippen LogP contribution in [0.5, 0.6) is 0 Å². The van der Waals surface area contributed by atoms with Crippen molar-refractivity contribution in [2.75, 3.05) is 39.4 Å². The summed E-state index contributed by atoms with van der Waals surface area (Å²) in [5.74, 6) is -0.877. The lowest BCUT2D eigenvalue weighted by Crippen LogP contribution is -2.64. The Balaban J connectivity index is 1.40. The lowest BCUT2D eigenvalue weighted by molar-refractivity contribution is -0.201. The molecule has 2 aromatic rings. The number of piperazine rings is 1. The Morgan fingerprint density at radius 1 is 1.00 bits per heavy atom. The van der Waals surface area contributed by atoms with Crippen molar-refractivity contribution in [1.82, 2.24) is 9.80 Å². The first-order valence-electron chi connectivity index (χ1n) is 9.32. The molecule has 2 aromatic carbocycles. The summed E-state index contributed by atoms with van der Waals surface area (Å²) in [5.41, 5.74) is 0.0777. The summed E-state index contributed by atoms with van der Waals surface area (Å²) in [7, 11) is 0. The summed E-state index contributed by atoms with van der Waals surface area (Å²) < 4.78 is 19.0. The van der Waals surface area contributed by atoms with Crippen LogP contribution in [0.2, 0.25) is 5.02 Å². The quantitative estimate of drug-likeness (QED) is 0.829. The van der Waals surface area contributed by atoms with Crippen LogP contribution in [0.3, 0.4) is 0 Å². The molecule has 0 spiro atoms. The SMILES string of the molecule is O=C(c1ccc(-c2cc(Cl)ccc2F)cc1)N1CCN(C(=O)C2(O)COC2)CC1. The number of amides is 2. The number of carbonyl (C=O) groups is 2. The van der Waals surface area contributed by atoms with E-state index in [0.717, 1.165) is 0 Å². The van der Waals surface area contributed by atoms with Gasteiger partial charge in [0.05, 0.1) is 13.2 Å². The molecule has 6 nitrogen and oxygen atoms in total. The zero-order valence-electron chi connectivity index (χ0n) is 15.6. The highest BCUT2D eigenvalue weighted by atomic mass is 35.5. The molecule has 2 saturated heterocycles. The van der Waals surface area contributed by atoms with Crippen LogP contribution in [-0.2, 0) is 9.53 Å². The lowest BCUT2D eigenvalue weighted by atomic mass is 10.00. The third-order valence-corrected chi connectivity index (χ3v) is 5.54. The summed E-state index contributed by atoms with van der Waals surface area (Å²) in [5, 5.41) is 10.5. The standard InChI is InChI=1S/C21H20ClFN2O4/c22-16-5-6-18(23)17(11-16)14-1-3-15(4-2-14)19(26)24-7-9-25(10-8-24)20(27)21(28)12-29-13-21/h1-6,11,28H,7-10,12-13H2. The van der Waals surface area contributed by atoms with Gasteiger partial charge in [-0.2, -0.15) is 0 Å². The first-order valence-corrected chi connectivity index (χ1v) is 9.69. The molecule has 29 heavy (non-hydrogen) atoms.